The van der Waals surface area contributed by atoms with E-state index in [4.69, 9.17) is 0 Å². The summed E-state index contributed by atoms with van der Waals surface area (Å²) in [5.74, 6) is 0.419. The van der Waals surface area contributed by atoms with Gasteiger partial charge in [0.2, 0.25) is 5.91 Å². The fourth-order valence-corrected chi connectivity index (χ4v) is 0.655. The molecule has 0 saturated heterocycles. The lowest BCUT2D eigenvalue weighted by molar-refractivity contribution is -0.118. The van der Waals surface area contributed by atoms with Crippen LogP contribution in [0.5, 0.6) is 0 Å². The summed E-state index contributed by atoms with van der Waals surface area (Å²) >= 11 is 0. The van der Waals surface area contributed by atoms with E-state index in [0.29, 0.717) is 5.92 Å². The molecule has 12 heavy (non-hydrogen) atoms. The van der Waals surface area contributed by atoms with Crippen LogP contribution in [-0.4, -0.2) is 11.4 Å². The molecule has 1 amide bonds. The molecule has 0 aromatic heterocycles. The standard InChI is InChI=1S/C10H19NO/c1-6-7-9(12)11-10(4,5)8(2)3/h6-8H,1-5H3,(H,11,12)/b7-6+. The second-order valence-electron chi connectivity index (χ2n) is 3.87. The molecular weight excluding hydrogens is 150 g/mol. The first-order valence-corrected chi connectivity index (χ1v) is 4.35. The largest absolute Gasteiger partial charge is 0.347 e. The molecule has 0 radical (unpaired) electrons. The van der Waals surface area contributed by atoms with Gasteiger partial charge in [0.05, 0.1) is 0 Å². The summed E-state index contributed by atoms with van der Waals surface area (Å²) in [7, 11) is 0. The van der Waals surface area contributed by atoms with E-state index in [1.807, 2.05) is 20.8 Å². The molecule has 0 rings (SSSR count). The van der Waals surface area contributed by atoms with Gasteiger partial charge < -0.3 is 5.32 Å². The van der Waals surface area contributed by atoms with E-state index in [1.54, 1.807) is 12.2 Å². The second-order valence-corrected chi connectivity index (χ2v) is 3.87. The first-order chi connectivity index (χ1) is 5.40. The van der Waals surface area contributed by atoms with Gasteiger partial charge in [-0.1, -0.05) is 19.9 Å². The van der Waals surface area contributed by atoms with Crippen LogP contribution in [0.4, 0.5) is 0 Å². The number of amides is 1. The summed E-state index contributed by atoms with van der Waals surface area (Å²) in [6, 6.07) is 0. The van der Waals surface area contributed by atoms with Crippen molar-refractivity contribution in [3.05, 3.63) is 12.2 Å². The molecule has 0 aliphatic rings. The van der Waals surface area contributed by atoms with Gasteiger partial charge >= 0.3 is 0 Å². The number of carbonyl (C=O) groups is 1. The van der Waals surface area contributed by atoms with Crippen LogP contribution < -0.4 is 5.32 Å². The Bertz CT molecular complexity index is 180. The predicted octanol–water partition coefficient (Wildman–Crippen LogP) is 2.11. The topological polar surface area (TPSA) is 29.1 Å². The molecule has 0 spiro atoms. The summed E-state index contributed by atoms with van der Waals surface area (Å²) in [4.78, 5) is 11.2. The lowest BCUT2D eigenvalue weighted by atomic mass is 9.91. The second kappa shape index (κ2) is 4.29. The summed E-state index contributed by atoms with van der Waals surface area (Å²) < 4.78 is 0. The van der Waals surface area contributed by atoms with Crippen molar-refractivity contribution in [3.63, 3.8) is 0 Å². The molecular formula is C10H19NO. The maximum Gasteiger partial charge on any atom is 0.244 e. The quantitative estimate of drug-likeness (QED) is 0.644. The molecule has 0 bridgehead atoms. The van der Waals surface area contributed by atoms with Crippen molar-refractivity contribution >= 4 is 5.91 Å². The predicted molar refractivity (Wildman–Crippen MR) is 51.9 cm³/mol. The number of hydrogen-bond donors (Lipinski definition) is 1. The molecule has 0 saturated carbocycles. The highest BCUT2D eigenvalue weighted by molar-refractivity contribution is 5.87. The van der Waals surface area contributed by atoms with Crippen LogP contribution in [0, 0.1) is 5.92 Å². The number of nitrogens with one attached hydrogen (secondary N) is 1. The average molecular weight is 169 g/mol. The Morgan fingerprint density at radius 3 is 2.25 bits per heavy atom. The molecule has 1 N–H and O–H groups in total. The summed E-state index contributed by atoms with van der Waals surface area (Å²) in [6.07, 6.45) is 3.29. The van der Waals surface area contributed by atoms with E-state index >= 15 is 0 Å². The highest BCUT2D eigenvalue weighted by atomic mass is 16.1. The molecule has 2 heteroatoms. The lowest BCUT2D eigenvalue weighted by Gasteiger charge is -2.29. The summed E-state index contributed by atoms with van der Waals surface area (Å²) in [6.45, 7) is 10.1. The van der Waals surface area contributed by atoms with Crippen molar-refractivity contribution in [1.29, 1.82) is 0 Å². The zero-order valence-electron chi connectivity index (χ0n) is 8.64. The van der Waals surface area contributed by atoms with E-state index in [9.17, 15) is 4.79 Å². The van der Waals surface area contributed by atoms with Crippen LogP contribution in [0.25, 0.3) is 0 Å². The van der Waals surface area contributed by atoms with E-state index < -0.39 is 0 Å². The highest BCUT2D eigenvalue weighted by Gasteiger charge is 2.22. The minimum absolute atomic E-state index is 0.0174. The third-order valence-corrected chi connectivity index (χ3v) is 2.21. The number of allylic oxidation sites excluding steroid dienone is 1. The van der Waals surface area contributed by atoms with Crippen LogP contribution in [0.15, 0.2) is 12.2 Å². The smallest absolute Gasteiger partial charge is 0.244 e. The van der Waals surface area contributed by atoms with Crippen molar-refractivity contribution < 1.29 is 4.79 Å². The maximum atomic E-state index is 11.2. The number of carbonyl (C=O) groups excluding carboxylic acids is 1. The molecule has 0 unspecified atom stereocenters. The minimum atomic E-state index is -0.128. The van der Waals surface area contributed by atoms with Gasteiger partial charge in [-0.15, -0.1) is 0 Å². The third-order valence-electron chi connectivity index (χ3n) is 2.21. The van der Waals surface area contributed by atoms with Gasteiger partial charge in [-0.3, -0.25) is 4.79 Å². The molecule has 70 valence electrons. The van der Waals surface area contributed by atoms with Crippen LogP contribution >= 0.6 is 0 Å². The van der Waals surface area contributed by atoms with Gasteiger partial charge in [0.1, 0.15) is 0 Å². The zero-order valence-corrected chi connectivity index (χ0v) is 8.64. The Morgan fingerprint density at radius 2 is 1.92 bits per heavy atom. The highest BCUT2D eigenvalue weighted by Crippen LogP contribution is 2.14. The fraction of sp³-hybridized carbons (Fsp3) is 0.700. The van der Waals surface area contributed by atoms with Crippen LogP contribution in [0.3, 0.4) is 0 Å². The van der Waals surface area contributed by atoms with Crippen molar-refractivity contribution in [2.75, 3.05) is 0 Å². The van der Waals surface area contributed by atoms with Crippen molar-refractivity contribution in [3.8, 4) is 0 Å². The average Bonchev–Trinajstić information content (AvgIpc) is 1.85. The summed E-state index contributed by atoms with van der Waals surface area (Å²) in [5, 5.41) is 2.93. The third kappa shape index (κ3) is 3.56. The first kappa shape index (κ1) is 11.2. The first-order valence-electron chi connectivity index (χ1n) is 4.35. The lowest BCUT2D eigenvalue weighted by Crippen LogP contribution is -2.46. The zero-order chi connectivity index (χ0) is 9.78. The Morgan fingerprint density at radius 1 is 1.42 bits per heavy atom. The van der Waals surface area contributed by atoms with Gasteiger partial charge in [0.25, 0.3) is 0 Å². The van der Waals surface area contributed by atoms with Crippen molar-refractivity contribution in [2.24, 2.45) is 5.92 Å². The Labute approximate surface area is 75.0 Å². The fourth-order valence-electron chi connectivity index (χ4n) is 0.655. The normalized spacial score (nSPS) is 12.5. The van der Waals surface area contributed by atoms with E-state index in [-0.39, 0.29) is 11.4 Å². The van der Waals surface area contributed by atoms with Gasteiger partial charge in [0, 0.05) is 5.54 Å². The Kier molecular flexibility index (Phi) is 4.01. The molecule has 0 aliphatic carbocycles. The van der Waals surface area contributed by atoms with E-state index in [1.165, 1.54) is 0 Å². The van der Waals surface area contributed by atoms with E-state index in [0.717, 1.165) is 0 Å². The van der Waals surface area contributed by atoms with Gasteiger partial charge in [-0.2, -0.15) is 0 Å². The monoisotopic (exact) mass is 169 g/mol. The summed E-state index contributed by atoms with van der Waals surface area (Å²) in [5.41, 5.74) is -0.128. The molecule has 0 fully saturated rings. The van der Waals surface area contributed by atoms with E-state index in [2.05, 4.69) is 19.2 Å². The van der Waals surface area contributed by atoms with Gasteiger partial charge in [0.15, 0.2) is 0 Å². The number of rotatable bonds is 3. The molecule has 2 nitrogen and oxygen atoms in total. The Hall–Kier alpha value is -0.790. The molecule has 0 aliphatic heterocycles. The molecule has 0 aromatic rings. The molecule has 0 atom stereocenters. The Balaban J connectivity index is 4.15. The van der Waals surface area contributed by atoms with Crippen LogP contribution in [-0.2, 0) is 4.79 Å². The van der Waals surface area contributed by atoms with Crippen LogP contribution in [0.2, 0.25) is 0 Å². The molecule has 0 aromatic carbocycles. The minimum Gasteiger partial charge on any atom is -0.347 e. The SMILES string of the molecule is C/C=C/C(=O)NC(C)(C)C(C)C. The maximum absolute atomic E-state index is 11.2. The number of hydrogen-bond acceptors (Lipinski definition) is 1. The van der Waals surface area contributed by atoms with Crippen molar-refractivity contribution in [2.45, 2.75) is 40.2 Å². The van der Waals surface area contributed by atoms with Gasteiger partial charge in [-0.05, 0) is 32.8 Å². The van der Waals surface area contributed by atoms with Gasteiger partial charge in [-0.25, -0.2) is 0 Å². The molecule has 0 heterocycles. The van der Waals surface area contributed by atoms with Crippen LogP contribution in [0.1, 0.15) is 34.6 Å². The van der Waals surface area contributed by atoms with Crippen molar-refractivity contribution in [1.82, 2.24) is 5.32 Å².